The third-order valence-corrected chi connectivity index (χ3v) is 6.40. The first-order valence-corrected chi connectivity index (χ1v) is 10.4. The van der Waals surface area contributed by atoms with E-state index in [1.165, 1.54) is 0 Å². The Morgan fingerprint density at radius 3 is 2.50 bits per heavy atom. The number of aromatic amines is 1. The third kappa shape index (κ3) is 3.84. The molecule has 0 radical (unpaired) electrons. The first-order valence-electron chi connectivity index (χ1n) is 10.4. The molecule has 1 aromatic carbocycles. The third-order valence-electron chi connectivity index (χ3n) is 6.40. The number of H-pyrrole nitrogens is 1. The normalized spacial score (nSPS) is 20.3. The summed E-state index contributed by atoms with van der Waals surface area (Å²) in [6.45, 7) is 9.67. The van der Waals surface area contributed by atoms with Crippen LogP contribution in [0.3, 0.4) is 0 Å². The molecule has 0 saturated carbocycles. The molecule has 0 aliphatic carbocycles. The molecule has 2 aliphatic rings. The maximum atomic E-state index is 13.1. The summed E-state index contributed by atoms with van der Waals surface area (Å²) in [5.41, 5.74) is 3.45. The van der Waals surface area contributed by atoms with Crippen LogP contribution in [0, 0.1) is 12.8 Å². The standard InChI is InChI=1S/C22H30N4O2/c1-16-20(19-6-4-3-5-7-19)23-24-21(16)22(27)26-10-8-18(9-11-26)17(2)25-12-14-28-15-13-25/h3-7,17-18H,8-15H2,1-2H3,(H,23,24)/t17-/m1/s1. The number of likely N-dealkylation sites (tertiary alicyclic amines) is 1. The van der Waals surface area contributed by atoms with Gasteiger partial charge in [-0.3, -0.25) is 14.8 Å². The van der Waals surface area contributed by atoms with E-state index in [-0.39, 0.29) is 5.91 Å². The molecule has 1 atom stereocenters. The van der Waals surface area contributed by atoms with Crippen molar-refractivity contribution in [1.29, 1.82) is 0 Å². The van der Waals surface area contributed by atoms with Gasteiger partial charge in [0.05, 0.1) is 18.9 Å². The SMILES string of the molecule is Cc1c(-c2ccccc2)n[nH]c1C(=O)N1CCC([C@@H](C)N2CCOCC2)CC1. The van der Waals surface area contributed by atoms with E-state index < -0.39 is 0 Å². The Morgan fingerprint density at radius 1 is 1.14 bits per heavy atom. The molecule has 2 fully saturated rings. The number of benzene rings is 1. The number of morpholine rings is 1. The van der Waals surface area contributed by atoms with Crippen molar-refractivity contribution in [3.8, 4) is 11.3 Å². The van der Waals surface area contributed by atoms with Gasteiger partial charge in [0.2, 0.25) is 0 Å². The van der Waals surface area contributed by atoms with Crippen LogP contribution in [0.2, 0.25) is 0 Å². The van der Waals surface area contributed by atoms with Crippen LogP contribution in [0.4, 0.5) is 0 Å². The van der Waals surface area contributed by atoms with E-state index in [1.54, 1.807) is 0 Å². The van der Waals surface area contributed by atoms with Crippen LogP contribution in [0.15, 0.2) is 30.3 Å². The van der Waals surface area contributed by atoms with Gasteiger partial charge in [-0.15, -0.1) is 0 Å². The molecule has 2 saturated heterocycles. The summed E-state index contributed by atoms with van der Waals surface area (Å²) in [6.07, 6.45) is 2.12. The van der Waals surface area contributed by atoms with Crippen LogP contribution in [0.1, 0.15) is 35.8 Å². The zero-order valence-corrected chi connectivity index (χ0v) is 16.9. The van der Waals surface area contributed by atoms with Crippen LogP contribution in [-0.2, 0) is 4.74 Å². The molecule has 0 bridgehead atoms. The Morgan fingerprint density at radius 2 is 1.82 bits per heavy atom. The number of rotatable bonds is 4. The molecule has 2 aliphatic heterocycles. The van der Waals surface area contributed by atoms with Crippen LogP contribution in [0.5, 0.6) is 0 Å². The summed E-state index contributed by atoms with van der Waals surface area (Å²) in [5, 5.41) is 7.41. The zero-order chi connectivity index (χ0) is 19.5. The van der Waals surface area contributed by atoms with E-state index in [9.17, 15) is 4.79 Å². The second kappa shape index (κ2) is 8.45. The summed E-state index contributed by atoms with van der Waals surface area (Å²) >= 11 is 0. The fourth-order valence-corrected chi connectivity index (χ4v) is 4.51. The highest BCUT2D eigenvalue weighted by Crippen LogP contribution is 2.27. The highest BCUT2D eigenvalue weighted by Gasteiger charge is 2.31. The van der Waals surface area contributed by atoms with Crippen molar-refractivity contribution in [2.75, 3.05) is 39.4 Å². The fraction of sp³-hybridized carbons (Fsp3) is 0.545. The lowest BCUT2D eigenvalue weighted by molar-refractivity contribution is -0.000990. The Hall–Kier alpha value is -2.18. The minimum absolute atomic E-state index is 0.0738. The van der Waals surface area contributed by atoms with E-state index >= 15 is 0 Å². The second-order valence-electron chi connectivity index (χ2n) is 7.96. The van der Waals surface area contributed by atoms with Gasteiger partial charge in [-0.2, -0.15) is 5.10 Å². The molecule has 0 unspecified atom stereocenters. The molecule has 6 nitrogen and oxygen atoms in total. The molecule has 6 heteroatoms. The van der Waals surface area contributed by atoms with Crippen molar-refractivity contribution < 1.29 is 9.53 Å². The lowest BCUT2D eigenvalue weighted by Crippen LogP contribution is -2.49. The topological polar surface area (TPSA) is 61.5 Å². The molecule has 0 spiro atoms. The molecule has 1 aromatic heterocycles. The molecule has 28 heavy (non-hydrogen) atoms. The van der Waals surface area contributed by atoms with Crippen molar-refractivity contribution in [3.05, 3.63) is 41.6 Å². The van der Waals surface area contributed by atoms with E-state index in [0.717, 1.165) is 69.1 Å². The molecule has 1 N–H and O–H groups in total. The molecule has 150 valence electrons. The number of ether oxygens (including phenoxy) is 1. The minimum atomic E-state index is 0.0738. The number of nitrogens with zero attached hydrogens (tertiary/aromatic N) is 3. The molecular weight excluding hydrogens is 352 g/mol. The van der Waals surface area contributed by atoms with Crippen molar-refractivity contribution in [1.82, 2.24) is 20.0 Å². The van der Waals surface area contributed by atoms with E-state index in [2.05, 4.69) is 22.0 Å². The number of aromatic nitrogens is 2. The van der Waals surface area contributed by atoms with E-state index in [1.807, 2.05) is 42.2 Å². The van der Waals surface area contributed by atoms with Crippen LogP contribution < -0.4 is 0 Å². The molecular formula is C22H30N4O2. The fourth-order valence-electron chi connectivity index (χ4n) is 4.51. The molecule has 3 heterocycles. The van der Waals surface area contributed by atoms with Crippen LogP contribution in [-0.4, -0.2) is 71.3 Å². The summed E-state index contributed by atoms with van der Waals surface area (Å²) in [5.74, 6) is 0.717. The number of amides is 1. The van der Waals surface area contributed by atoms with Gasteiger partial charge in [0.25, 0.3) is 5.91 Å². The predicted molar refractivity (Wildman–Crippen MR) is 109 cm³/mol. The average Bonchev–Trinajstić information content (AvgIpc) is 3.15. The van der Waals surface area contributed by atoms with Crippen molar-refractivity contribution >= 4 is 5.91 Å². The first-order chi connectivity index (χ1) is 13.6. The Bertz CT molecular complexity index is 790. The van der Waals surface area contributed by atoms with Gasteiger partial charge in [-0.1, -0.05) is 30.3 Å². The zero-order valence-electron chi connectivity index (χ0n) is 16.9. The van der Waals surface area contributed by atoms with Gasteiger partial charge in [0.1, 0.15) is 5.69 Å². The smallest absolute Gasteiger partial charge is 0.272 e. The highest BCUT2D eigenvalue weighted by molar-refractivity contribution is 5.95. The van der Waals surface area contributed by atoms with Crippen LogP contribution >= 0.6 is 0 Å². The number of hydrogen-bond donors (Lipinski definition) is 1. The summed E-state index contributed by atoms with van der Waals surface area (Å²) < 4.78 is 5.48. The maximum absolute atomic E-state index is 13.1. The van der Waals surface area contributed by atoms with E-state index in [0.29, 0.717) is 17.7 Å². The van der Waals surface area contributed by atoms with Gasteiger partial charge < -0.3 is 9.64 Å². The lowest BCUT2D eigenvalue weighted by Gasteiger charge is -2.41. The number of piperidine rings is 1. The average molecular weight is 383 g/mol. The molecule has 1 amide bonds. The van der Waals surface area contributed by atoms with Gasteiger partial charge in [-0.05, 0) is 32.6 Å². The lowest BCUT2D eigenvalue weighted by atomic mass is 9.89. The molecule has 2 aromatic rings. The van der Waals surface area contributed by atoms with Crippen molar-refractivity contribution in [2.24, 2.45) is 5.92 Å². The summed E-state index contributed by atoms with van der Waals surface area (Å²) in [7, 11) is 0. The first kappa shape index (κ1) is 19.2. The van der Waals surface area contributed by atoms with Crippen molar-refractivity contribution in [2.45, 2.75) is 32.7 Å². The van der Waals surface area contributed by atoms with Gasteiger partial charge >= 0.3 is 0 Å². The predicted octanol–water partition coefficient (Wildman–Crippen LogP) is 2.96. The quantitative estimate of drug-likeness (QED) is 0.883. The monoisotopic (exact) mass is 382 g/mol. The Balaban J connectivity index is 1.38. The maximum Gasteiger partial charge on any atom is 0.272 e. The number of carbonyl (C=O) groups excluding carboxylic acids is 1. The largest absolute Gasteiger partial charge is 0.379 e. The molecule has 4 rings (SSSR count). The highest BCUT2D eigenvalue weighted by atomic mass is 16.5. The second-order valence-corrected chi connectivity index (χ2v) is 7.96. The van der Waals surface area contributed by atoms with Gasteiger partial charge in [-0.25, -0.2) is 0 Å². The van der Waals surface area contributed by atoms with Gasteiger partial charge in [0, 0.05) is 43.3 Å². The Kier molecular flexibility index (Phi) is 5.78. The van der Waals surface area contributed by atoms with Crippen LogP contribution in [0.25, 0.3) is 11.3 Å². The summed E-state index contributed by atoms with van der Waals surface area (Å²) in [4.78, 5) is 17.6. The van der Waals surface area contributed by atoms with E-state index in [4.69, 9.17) is 4.74 Å². The van der Waals surface area contributed by atoms with Crippen molar-refractivity contribution in [3.63, 3.8) is 0 Å². The summed E-state index contributed by atoms with van der Waals surface area (Å²) in [6, 6.07) is 10.6. The van der Waals surface area contributed by atoms with Gasteiger partial charge in [0.15, 0.2) is 0 Å². The Labute approximate surface area is 166 Å². The minimum Gasteiger partial charge on any atom is -0.379 e. The number of hydrogen-bond acceptors (Lipinski definition) is 4. The number of carbonyl (C=O) groups is 1. The number of nitrogens with one attached hydrogen (secondary N) is 1.